The largest absolute Gasteiger partial charge is 0.461 e. The number of aliphatic hydroxyl groups is 15. The molecule has 25 unspecified atom stereocenters. The summed E-state index contributed by atoms with van der Waals surface area (Å²) in [7, 11) is 0. The van der Waals surface area contributed by atoms with Crippen molar-refractivity contribution in [3.05, 3.63) is 104 Å². The van der Waals surface area contributed by atoms with Gasteiger partial charge in [-0.25, -0.2) is 9.59 Å². The monoisotopic (exact) mass is 1310 g/mol. The molecule has 5 saturated heterocycles. The minimum Gasteiger partial charge on any atom is -0.461 e. The predicted molar refractivity (Wildman–Crippen MR) is 319 cm³/mol. The van der Waals surface area contributed by atoms with Crippen molar-refractivity contribution >= 4 is 11.9 Å². The lowest BCUT2D eigenvalue weighted by Crippen LogP contribution is -2.64. The summed E-state index contributed by atoms with van der Waals surface area (Å²) in [6.07, 6.45) is -35.1. The van der Waals surface area contributed by atoms with Gasteiger partial charge in [-0.15, -0.1) is 0 Å². The zero-order valence-electron chi connectivity index (χ0n) is 53.0. The van der Waals surface area contributed by atoms with Crippen LogP contribution in [-0.2, 0) is 68.3 Å². The van der Waals surface area contributed by atoms with E-state index >= 15 is 0 Å². The first kappa shape index (κ1) is 74.5. The van der Waals surface area contributed by atoms with E-state index in [9.17, 15) is 86.2 Å². The Morgan fingerprint density at radius 3 is 0.967 bits per heavy atom. The molecule has 0 aromatic heterocycles. The summed E-state index contributed by atoms with van der Waals surface area (Å²) in [5, 5.41) is 163. The summed E-state index contributed by atoms with van der Waals surface area (Å²) in [6.45, 7) is 14.8. The van der Waals surface area contributed by atoms with Crippen LogP contribution >= 0.6 is 0 Å². The molecular formula is C64H92O28. The van der Waals surface area contributed by atoms with Crippen molar-refractivity contribution in [3.8, 4) is 11.5 Å². The summed E-state index contributed by atoms with van der Waals surface area (Å²) >= 11 is 0. The molecule has 5 aliphatic heterocycles. The van der Waals surface area contributed by atoms with Crippen molar-refractivity contribution in [3.63, 3.8) is 0 Å². The quantitative estimate of drug-likeness (QED) is 0.0450. The third-order valence-electron chi connectivity index (χ3n) is 16.5. The third kappa shape index (κ3) is 17.6. The van der Waals surface area contributed by atoms with Gasteiger partial charge in [-0.2, -0.15) is 0 Å². The molecule has 2 aromatic carbocycles. The number of carbonyl (C=O) groups excluding carboxylic acids is 2. The second kappa shape index (κ2) is 32.7. The van der Waals surface area contributed by atoms with Crippen LogP contribution < -0.4 is 9.47 Å². The van der Waals surface area contributed by atoms with E-state index in [2.05, 4.69) is 0 Å². The van der Waals surface area contributed by atoms with Crippen LogP contribution in [-0.4, -0.2) is 262 Å². The number of ether oxygens (including phenoxy) is 11. The summed E-state index contributed by atoms with van der Waals surface area (Å²) in [4.78, 5) is 29.6. The van der Waals surface area contributed by atoms with E-state index in [0.717, 1.165) is 22.3 Å². The third-order valence-corrected chi connectivity index (χ3v) is 16.5. The van der Waals surface area contributed by atoms with Crippen molar-refractivity contribution < 1.29 is 138 Å². The van der Waals surface area contributed by atoms with Crippen molar-refractivity contribution in [2.75, 3.05) is 19.8 Å². The Labute approximate surface area is 532 Å². The zero-order chi connectivity index (χ0) is 67.9. The molecule has 5 fully saturated rings. The van der Waals surface area contributed by atoms with Crippen LogP contribution in [0.1, 0.15) is 112 Å². The van der Waals surface area contributed by atoms with Crippen molar-refractivity contribution in [2.45, 2.75) is 248 Å². The van der Waals surface area contributed by atoms with E-state index in [0.29, 0.717) is 0 Å². The Kier molecular flexibility index (Phi) is 26.4. The van der Waals surface area contributed by atoms with Crippen LogP contribution in [0.4, 0.5) is 0 Å². The topological polar surface area (TPSA) is 439 Å². The Hall–Kier alpha value is -4.94. The van der Waals surface area contributed by atoms with Gasteiger partial charge >= 0.3 is 11.9 Å². The number of allylic oxidation sites excluding steroid dienone is 8. The number of hydrogen-bond acceptors (Lipinski definition) is 28. The lowest BCUT2D eigenvalue weighted by molar-refractivity contribution is -0.354. The highest BCUT2D eigenvalue weighted by molar-refractivity contribution is 5.91. The number of aliphatic hydroxyl groups excluding tert-OH is 15. The second-order valence-corrected chi connectivity index (χ2v) is 24.9. The molecule has 0 amide bonds. The molecule has 25 atom stereocenters. The molecule has 15 N–H and O–H groups in total. The standard InChI is InChI=1S/C64H92O28/c1-26(2)11-15-32-19-36(20-33(16-12-27(3)4)53(32)88-62-56(49(76)44(71)38(23-65)84-62)90-60-51(78)46(73)41(68)30(9)82-60)58(80)87-55-48(75)43(70)40(25-67)86-64(55)92-59(81)37-21-34(17-13-28(5)6)54(35(22-37)18-14-29(7)8)89-63-57(50(77)45(72)39(24-66)85-63)91-61-52(79)47(74)42(69)31(10)83-61/h11-14,19-22,30-31,38-52,55-57,60-79H,15-18,23-25H2,1-10H3. The van der Waals surface area contributed by atoms with Crippen LogP contribution in [0.2, 0.25) is 0 Å². The second-order valence-electron chi connectivity index (χ2n) is 24.9. The fourth-order valence-electron chi connectivity index (χ4n) is 10.9. The molecule has 7 rings (SSSR count). The maximum Gasteiger partial charge on any atom is 0.340 e. The van der Waals surface area contributed by atoms with Gasteiger partial charge < -0.3 is 129 Å². The van der Waals surface area contributed by atoms with Gasteiger partial charge in [0, 0.05) is 0 Å². The van der Waals surface area contributed by atoms with E-state index in [1.54, 1.807) is 24.3 Å². The van der Waals surface area contributed by atoms with Gasteiger partial charge in [0.05, 0.1) is 43.2 Å². The van der Waals surface area contributed by atoms with E-state index in [-0.39, 0.29) is 70.6 Å². The highest BCUT2D eigenvalue weighted by Crippen LogP contribution is 2.39. The molecule has 0 radical (unpaired) electrons. The molecule has 2 aromatic rings. The minimum atomic E-state index is -2.07. The molecule has 5 aliphatic rings. The number of esters is 2. The number of hydrogen-bond donors (Lipinski definition) is 15. The van der Waals surface area contributed by atoms with E-state index in [1.165, 1.54) is 38.1 Å². The number of carbonyl (C=O) groups is 2. The molecule has 0 saturated carbocycles. The first-order valence-electron chi connectivity index (χ1n) is 30.6. The fraction of sp³-hybridized carbons (Fsp3) is 0.656. The molecule has 0 bridgehead atoms. The Morgan fingerprint density at radius 1 is 0.370 bits per heavy atom. The van der Waals surface area contributed by atoms with Gasteiger partial charge in [-0.3, -0.25) is 0 Å². The van der Waals surface area contributed by atoms with Gasteiger partial charge in [0.1, 0.15) is 103 Å². The predicted octanol–water partition coefficient (Wildman–Crippen LogP) is -1.40. The lowest BCUT2D eigenvalue weighted by Gasteiger charge is -2.45. The molecular weight excluding hydrogens is 1220 g/mol. The van der Waals surface area contributed by atoms with Crippen LogP contribution in [0.25, 0.3) is 0 Å². The molecule has 516 valence electrons. The normalized spacial score (nSPS) is 36.5. The smallest absolute Gasteiger partial charge is 0.340 e. The van der Waals surface area contributed by atoms with E-state index < -0.39 is 185 Å². The fourth-order valence-corrected chi connectivity index (χ4v) is 10.9. The minimum absolute atomic E-state index is 0.0484. The van der Waals surface area contributed by atoms with Crippen molar-refractivity contribution in [1.82, 2.24) is 0 Å². The average molecular weight is 1310 g/mol. The van der Waals surface area contributed by atoms with Gasteiger partial charge in [-0.05, 0) is 141 Å². The Balaban J connectivity index is 1.25. The van der Waals surface area contributed by atoms with Crippen LogP contribution in [0, 0.1) is 0 Å². The zero-order valence-corrected chi connectivity index (χ0v) is 53.0. The SMILES string of the molecule is CC(C)=CCc1cc(C(=O)OC2OC(CO)C(O)C(O)C2OC(=O)c2cc(CC=C(C)C)c(OC3OC(CO)C(O)C(O)C3OC3OC(C)C(O)C(O)C3O)c(CC=C(C)C)c2)cc(CC=C(C)C)c1OC1OC(CO)C(O)C(O)C1OC1OC(C)C(O)C(O)C1O. The van der Waals surface area contributed by atoms with E-state index in [1.807, 2.05) is 55.4 Å². The number of benzene rings is 2. The van der Waals surface area contributed by atoms with Crippen LogP contribution in [0.3, 0.4) is 0 Å². The lowest BCUT2D eigenvalue weighted by atomic mass is 9.96. The maximum atomic E-state index is 14.8. The Morgan fingerprint density at radius 2 is 0.663 bits per heavy atom. The summed E-state index contributed by atoms with van der Waals surface area (Å²) in [6, 6.07) is 5.53. The van der Waals surface area contributed by atoms with Gasteiger partial charge in [0.25, 0.3) is 0 Å². The van der Waals surface area contributed by atoms with Crippen LogP contribution in [0.15, 0.2) is 70.9 Å². The summed E-state index contributed by atoms with van der Waals surface area (Å²) in [5.74, 6) is -2.18. The molecule has 5 heterocycles. The van der Waals surface area contributed by atoms with E-state index in [4.69, 9.17) is 52.1 Å². The summed E-state index contributed by atoms with van der Waals surface area (Å²) in [5.41, 5.74) is 4.05. The van der Waals surface area contributed by atoms with Crippen LogP contribution in [0.5, 0.6) is 11.5 Å². The molecule has 28 nitrogen and oxygen atoms in total. The maximum absolute atomic E-state index is 14.8. The average Bonchev–Trinajstić information content (AvgIpc) is 0.794. The molecule has 0 spiro atoms. The van der Waals surface area contributed by atoms with Crippen molar-refractivity contribution in [2.24, 2.45) is 0 Å². The van der Waals surface area contributed by atoms with Crippen molar-refractivity contribution in [1.29, 1.82) is 0 Å². The first-order chi connectivity index (χ1) is 43.4. The number of rotatable bonds is 23. The molecule has 0 aliphatic carbocycles. The molecule has 92 heavy (non-hydrogen) atoms. The van der Waals surface area contributed by atoms with Gasteiger partial charge in [0.2, 0.25) is 18.9 Å². The first-order valence-corrected chi connectivity index (χ1v) is 30.6. The van der Waals surface area contributed by atoms with Gasteiger partial charge in [0.15, 0.2) is 30.9 Å². The molecule has 28 heteroatoms. The summed E-state index contributed by atoms with van der Waals surface area (Å²) < 4.78 is 66.3. The highest BCUT2D eigenvalue weighted by atomic mass is 16.8. The Bertz CT molecular complexity index is 2830. The highest BCUT2D eigenvalue weighted by Gasteiger charge is 2.54. The van der Waals surface area contributed by atoms with Gasteiger partial charge in [-0.1, -0.05) is 46.6 Å².